The second kappa shape index (κ2) is 1.18. The van der Waals surface area contributed by atoms with Crippen molar-refractivity contribution in [1.82, 2.24) is 5.06 Å². The molecule has 2 rings (SSSR count). The molecule has 2 aliphatic heterocycles. The van der Waals surface area contributed by atoms with Gasteiger partial charge >= 0.3 is 0 Å². The summed E-state index contributed by atoms with van der Waals surface area (Å²) in [5.41, 5.74) is 0.608. The third-order valence-corrected chi connectivity index (χ3v) is 2.18. The Morgan fingerprint density at radius 1 is 1.33 bits per heavy atom. The Morgan fingerprint density at radius 3 is 2.22 bits per heavy atom. The summed E-state index contributed by atoms with van der Waals surface area (Å²) in [4.78, 5) is 5.31. The predicted molar refractivity (Wildman–Crippen MR) is 34.6 cm³/mol. The molecule has 0 saturated carbocycles. The molecule has 0 N–H and O–H groups in total. The summed E-state index contributed by atoms with van der Waals surface area (Å²) >= 11 is 0. The Balaban J connectivity index is 2.14. The Hall–Kier alpha value is -0.0800. The summed E-state index contributed by atoms with van der Waals surface area (Å²) in [6, 6.07) is 0. The van der Waals surface area contributed by atoms with Crippen LogP contribution in [0.2, 0.25) is 0 Å². The number of hydroxylamine groups is 2. The van der Waals surface area contributed by atoms with Crippen LogP contribution in [0, 0.1) is 5.41 Å². The molecule has 2 unspecified atom stereocenters. The van der Waals surface area contributed by atoms with Gasteiger partial charge in [0.15, 0.2) is 5.72 Å². The van der Waals surface area contributed by atoms with Crippen molar-refractivity contribution in [2.75, 3.05) is 6.54 Å². The molecule has 52 valence electrons. The van der Waals surface area contributed by atoms with E-state index in [0.29, 0.717) is 5.41 Å². The van der Waals surface area contributed by atoms with Gasteiger partial charge in [-0.1, -0.05) is 13.8 Å². The van der Waals surface area contributed by atoms with Crippen LogP contribution in [0.5, 0.6) is 0 Å². The third-order valence-electron chi connectivity index (χ3n) is 2.18. The zero-order valence-corrected chi connectivity index (χ0v) is 6.27. The van der Waals surface area contributed by atoms with Crippen molar-refractivity contribution in [1.29, 1.82) is 0 Å². The summed E-state index contributed by atoms with van der Waals surface area (Å²) in [5, 5.41) is 2.08. The molecule has 0 bridgehead atoms. The number of rotatable bonds is 0. The first-order chi connectivity index (χ1) is 4.02. The highest BCUT2D eigenvalue weighted by Crippen LogP contribution is 2.52. The van der Waals surface area contributed by atoms with Crippen LogP contribution < -0.4 is 0 Å². The first-order valence-corrected chi connectivity index (χ1v) is 3.49. The van der Waals surface area contributed by atoms with Gasteiger partial charge in [-0.25, -0.2) is 0 Å². The fourth-order valence-corrected chi connectivity index (χ4v) is 1.87. The molecule has 2 heterocycles. The highest BCUT2D eigenvalue weighted by Gasteiger charge is 2.60. The van der Waals surface area contributed by atoms with Crippen LogP contribution in [-0.2, 0) is 4.84 Å². The third kappa shape index (κ3) is 0.700. The molecule has 0 radical (unpaired) electrons. The largest absolute Gasteiger partial charge is 0.272 e. The molecule has 2 saturated heterocycles. The van der Waals surface area contributed by atoms with E-state index in [1.54, 1.807) is 0 Å². The van der Waals surface area contributed by atoms with Gasteiger partial charge in [0, 0.05) is 13.0 Å². The van der Waals surface area contributed by atoms with Crippen molar-refractivity contribution in [2.45, 2.75) is 32.9 Å². The van der Waals surface area contributed by atoms with Crippen LogP contribution in [-0.4, -0.2) is 17.3 Å². The summed E-state index contributed by atoms with van der Waals surface area (Å²) in [6.45, 7) is 7.83. The van der Waals surface area contributed by atoms with Crippen LogP contribution in [0.25, 0.3) is 0 Å². The number of fused-ring (bicyclic) bond motifs is 1. The summed E-state index contributed by atoms with van der Waals surface area (Å²) in [5.74, 6) is 0. The van der Waals surface area contributed by atoms with Crippen LogP contribution in [0.4, 0.5) is 0 Å². The standard InChI is InChI=1S/C7H13NO/c1-6(2)4-7(3)8(5-6)9-7/h4-5H2,1-3H3. The molecular formula is C7H13NO. The SMILES string of the molecule is CC1(C)CN2OC2(C)C1. The lowest BCUT2D eigenvalue weighted by Gasteiger charge is -2.17. The molecule has 2 heteroatoms. The monoisotopic (exact) mass is 127 g/mol. The van der Waals surface area contributed by atoms with Gasteiger partial charge in [-0.15, -0.1) is 0 Å². The maximum atomic E-state index is 5.31. The molecule has 0 amide bonds. The van der Waals surface area contributed by atoms with E-state index in [2.05, 4.69) is 25.8 Å². The van der Waals surface area contributed by atoms with E-state index in [0.717, 1.165) is 6.54 Å². The Bertz CT molecular complexity index is 152. The topological polar surface area (TPSA) is 15.5 Å². The van der Waals surface area contributed by atoms with Gasteiger partial charge in [0.25, 0.3) is 0 Å². The van der Waals surface area contributed by atoms with E-state index in [-0.39, 0.29) is 5.72 Å². The molecule has 2 nitrogen and oxygen atoms in total. The molecule has 0 spiro atoms. The predicted octanol–water partition coefficient (Wildman–Crippen LogP) is 1.38. The first-order valence-electron chi connectivity index (χ1n) is 3.49. The molecule has 2 atom stereocenters. The molecule has 0 aromatic rings. The van der Waals surface area contributed by atoms with E-state index in [4.69, 9.17) is 4.84 Å². The van der Waals surface area contributed by atoms with Crippen LogP contribution in [0.15, 0.2) is 0 Å². The highest BCUT2D eigenvalue weighted by molar-refractivity contribution is 4.97. The number of hydrogen-bond donors (Lipinski definition) is 0. The van der Waals surface area contributed by atoms with Crippen molar-refractivity contribution in [2.24, 2.45) is 5.41 Å². The fourth-order valence-electron chi connectivity index (χ4n) is 1.87. The minimum Gasteiger partial charge on any atom is -0.272 e. The van der Waals surface area contributed by atoms with E-state index < -0.39 is 0 Å². The normalized spacial score (nSPS) is 53.0. The van der Waals surface area contributed by atoms with Gasteiger partial charge < -0.3 is 0 Å². The summed E-state index contributed by atoms with van der Waals surface area (Å²) in [7, 11) is 0. The second-order valence-electron chi connectivity index (χ2n) is 4.14. The maximum absolute atomic E-state index is 5.31. The summed E-state index contributed by atoms with van der Waals surface area (Å²) < 4.78 is 0. The minimum absolute atomic E-state index is 0.128. The van der Waals surface area contributed by atoms with Gasteiger partial charge in [0.2, 0.25) is 0 Å². The van der Waals surface area contributed by atoms with Crippen molar-refractivity contribution < 1.29 is 4.84 Å². The highest BCUT2D eigenvalue weighted by atomic mass is 16.9. The lowest BCUT2D eigenvalue weighted by atomic mass is 9.90. The van der Waals surface area contributed by atoms with Gasteiger partial charge in [0.1, 0.15) is 0 Å². The van der Waals surface area contributed by atoms with E-state index in [9.17, 15) is 0 Å². The van der Waals surface area contributed by atoms with Crippen molar-refractivity contribution in [3.8, 4) is 0 Å². The second-order valence-corrected chi connectivity index (χ2v) is 4.14. The summed E-state index contributed by atoms with van der Waals surface area (Å²) in [6.07, 6.45) is 1.18. The quantitative estimate of drug-likeness (QED) is 0.457. The van der Waals surface area contributed by atoms with Gasteiger partial charge in [-0.2, -0.15) is 5.06 Å². The van der Waals surface area contributed by atoms with Crippen LogP contribution in [0.3, 0.4) is 0 Å². The fraction of sp³-hybridized carbons (Fsp3) is 1.00. The lowest BCUT2D eigenvalue weighted by molar-refractivity contribution is 0.109. The van der Waals surface area contributed by atoms with Gasteiger partial charge in [-0.05, 0) is 12.3 Å². The molecule has 0 aliphatic carbocycles. The molecule has 0 aromatic heterocycles. The molecule has 2 fully saturated rings. The minimum atomic E-state index is 0.128. The lowest BCUT2D eigenvalue weighted by Crippen LogP contribution is -2.16. The van der Waals surface area contributed by atoms with E-state index >= 15 is 0 Å². The zero-order chi connectivity index (χ0) is 6.70. The average molecular weight is 127 g/mol. The first kappa shape index (κ1) is 5.69. The van der Waals surface area contributed by atoms with E-state index in [1.807, 2.05) is 0 Å². The van der Waals surface area contributed by atoms with Gasteiger partial charge in [0.05, 0.1) is 0 Å². The van der Waals surface area contributed by atoms with E-state index in [1.165, 1.54) is 6.42 Å². The Morgan fingerprint density at radius 2 is 2.00 bits per heavy atom. The Kier molecular flexibility index (Phi) is 0.746. The zero-order valence-electron chi connectivity index (χ0n) is 6.27. The van der Waals surface area contributed by atoms with Crippen LogP contribution >= 0.6 is 0 Å². The number of nitrogens with zero attached hydrogens (tertiary/aromatic N) is 1. The molecule has 0 aromatic carbocycles. The molecule has 2 aliphatic rings. The Labute approximate surface area is 55.7 Å². The molecule has 9 heavy (non-hydrogen) atoms. The van der Waals surface area contributed by atoms with Crippen molar-refractivity contribution in [3.05, 3.63) is 0 Å². The van der Waals surface area contributed by atoms with Crippen molar-refractivity contribution in [3.63, 3.8) is 0 Å². The van der Waals surface area contributed by atoms with Gasteiger partial charge in [-0.3, -0.25) is 4.84 Å². The van der Waals surface area contributed by atoms with Crippen molar-refractivity contribution >= 4 is 0 Å². The number of hydrogen-bond acceptors (Lipinski definition) is 2. The smallest absolute Gasteiger partial charge is 0.162 e. The molecular weight excluding hydrogens is 114 g/mol. The maximum Gasteiger partial charge on any atom is 0.162 e. The van der Waals surface area contributed by atoms with Crippen LogP contribution in [0.1, 0.15) is 27.2 Å². The average Bonchev–Trinajstić information content (AvgIpc) is 2.03.